The highest BCUT2D eigenvalue weighted by molar-refractivity contribution is 6.35. The summed E-state index contributed by atoms with van der Waals surface area (Å²) >= 11 is 0. The Morgan fingerprint density at radius 1 is 0.743 bits per heavy atom. The number of aliphatic carboxylic acids is 2. The Balaban J connectivity index is 0.000000526. The first-order valence-electron chi connectivity index (χ1n) is 10.9. The van der Waals surface area contributed by atoms with E-state index in [1.807, 2.05) is 24.3 Å². The number of benzene rings is 2. The van der Waals surface area contributed by atoms with Crippen LogP contribution in [0.4, 0.5) is 0 Å². The average molecular weight is 487 g/mol. The quantitative estimate of drug-likeness (QED) is 0.381. The highest BCUT2D eigenvalue weighted by Crippen LogP contribution is 2.20. The Kier molecular flexibility index (Phi) is 15.3. The van der Waals surface area contributed by atoms with Crippen LogP contribution in [0.25, 0.3) is 0 Å². The average Bonchev–Trinajstić information content (AvgIpc) is 2.86. The third-order valence-corrected chi connectivity index (χ3v) is 4.41. The molecule has 0 radical (unpaired) electrons. The normalized spacial score (nSPS) is 10.3. The summed E-state index contributed by atoms with van der Waals surface area (Å²) in [5.74, 6) is -5.95. The van der Waals surface area contributed by atoms with Gasteiger partial charge in [0.05, 0.1) is 12.5 Å². The van der Waals surface area contributed by atoms with E-state index in [1.165, 1.54) is 6.92 Å². The lowest BCUT2D eigenvalue weighted by atomic mass is 9.92. The number of Topliss-reactive ketones (excluding diaryl/α,β-unsaturated/α-hetero) is 3. The van der Waals surface area contributed by atoms with Crippen LogP contribution in [-0.2, 0) is 39.9 Å². The number of esters is 1. The number of hydrogen-bond donors (Lipinski definition) is 2. The van der Waals surface area contributed by atoms with Gasteiger partial charge in [-0.3, -0.25) is 14.4 Å². The van der Waals surface area contributed by atoms with Gasteiger partial charge in [-0.1, -0.05) is 74.5 Å². The number of carbonyl (C=O) groups is 6. The van der Waals surface area contributed by atoms with E-state index in [0.717, 1.165) is 11.1 Å². The molecule has 2 aromatic carbocycles. The molecule has 0 aliphatic carbocycles. The van der Waals surface area contributed by atoms with Gasteiger partial charge in [-0.25, -0.2) is 14.4 Å². The molecule has 0 saturated carbocycles. The molecule has 0 spiro atoms. The predicted molar refractivity (Wildman–Crippen MR) is 127 cm³/mol. The van der Waals surface area contributed by atoms with E-state index in [-0.39, 0.29) is 19.4 Å². The van der Waals surface area contributed by atoms with Crippen molar-refractivity contribution < 1.29 is 43.7 Å². The van der Waals surface area contributed by atoms with Gasteiger partial charge < -0.3 is 14.9 Å². The Hall–Kier alpha value is -4.14. The van der Waals surface area contributed by atoms with Crippen molar-refractivity contribution in [1.82, 2.24) is 0 Å². The molecule has 0 aromatic heterocycles. The maximum atomic E-state index is 11.3. The molecular formula is C26H30O9. The van der Waals surface area contributed by atoms with Gasteiger partial charge in [0.1, 0.15) is 0 Å². The maximum Gasteiger partial charge on any atom is 0.374 e. The van der Waals surface area contributed by atoms with Crippen molar-refractivity contribution in [3.05, 3.63) is 71.8 Å². The molecule has 0 aliphatic rings. The minimum Gasteiger partial charge on any atom is -0.476 e. The van der Waals surface area contributed by atoms with Crippen molar-refractivity contribution in [2.24, 2.45) is 0 Å². The van der Waals surface area contributed by atoms with Gasteiger partial charge in [-0.05, 0) is 24.5 Å². The molecule has 0 heterocycles. The van der Waals surface area contributed by atoms with Crippen molar-refractivity contribution in [1.29, 1.82) is 0 Å². The number of ether oxygens (including phenoxy) is 1. The largest absolute Gasteiger partial charge is 0.476 e. The van der Waals surface area contributed by atoms with Gasteiger partial charge in [-0.2, -0.15) is 0 Å². The summed E-state index contributed by atoms with van der Waals surface area (Å²) in [6.07, 6.45) is 0.699. The van der Waals surface area contributed by atoms with E-state index in [1.54, 1.807) is 50.2 Å². The van der Waals surface area contributed by atoms with Crippen LogP contribution in [0.1, 0.15) is 50.7 Å². The summed E-state index contributed by atoms with van der Waals surface area (Å²) < 4.78 is 4.59. The monoisotopic (exact) mass is 486 g/mol. The molecule has 2 aromatic rings. The molecule has 0 saturated heterocycles. The molecule has 9 nitrogen and oxygen atoms in total. The molecule has 35 heavy (non-hydrogen) atoms. The summed E-state index contributed by atoms with van der Waals surface area (Å²) in [7, 11) is 0. The van der Waals surface area contributed by atoms with Crippen LogP contribution in [0.15, 0.2) is 60.7 Å². The van der Waals surface area contributed by atoms with Gasteiger partial charge in [0.2, 0.25) is 17.3 Å². The molecule has 0 fully saturated rings. The fraction of sp³-hybridized carbons (Fsp3) is 0.308. The van der Waals surface area contributed by atoms with Gasteiger partial charge >= 0.3 is 17.9 Å². The van der Waals surface area contributed by atoms with E-state index in [4.69, 9.17) is 10.2 Å². The molecule has 9 heteroatoms. The highest BCUT2D eigenvalue weighted by Gasteiger charge is 2.24. The minimum atomic E-state index is -1.36. The Morgan fingerprint density at radius 3 is 1.63 bits per heavy atom. The van der Waals surface area contributed by atoms with Gasteiger partial charge in [-0.15, -0.1) is 0 Å². The van der Waals surface area contributed by atoms with Crippen molar-refractivity contribution in [3.8, 4) is 0 Å². The lowest BCUT2D eigenvalue weighted by Crippen LogP contribution is -2.21. The van der Waals surface area contributed by atoms with Crippen LogP contribution >= 0.6 is 0 Å². The van der Waals surface area contributed by atoms with Gasteiger partial charge in [0, 0.05) is 12.8 Å². The summed E-state index contributed by atoms with van der Waals surface area (Å²) in [6.45, 7) is 5.22. The zero-order valence-electron chi connectivity index (χ0n) is 19.9. The first-order valence-corrected chi connectivity index (χ1v) is 10.9. The number of rotatable bonds is 10. The molecule has 0 amide bonds. The van der Waals surface area contributed by atoms with Gasteiger partial charge in [0.25, 0.3) is 0 Å². The van der Waals surface area contributed by atoms with Gasteiger partial charge in [0.15, 0.2) is 0 Å². The van der Waals surface area contributed by atoms with Crippen LogP contribution in [0.5, 0.6) is 0 Å². The summed E-state index contributed by atoms with van der Waals surface area (Å²) in [6, 6.07) is 18.1. The number of carbonyl (C=O) groups excluding carboxylic acids is 4. The highest BCUT2D eigenvalue weighted by atomic mass is 16.5. The Morgan fingerprint density at radius 2 is 1.26 bits per heavy atom. The lowest BCUT2D eigenvalue weighted by Gasteiger charge is -2.10. The van der Waals surface area contributed by atoms with E-state index in [2.05, 4.69) is 4.74 Å². The summed E-state index contributed by atoms with van der Waals surface area (Å²) in [5, 5.41) is 16.4. The lowest BCUT2D eigenvalue weighted by molar-refractivity contribution is -0.153. The Bertz CT molecular complexity index is 982. The molecular weight excluding hydrogens is 456 g/mol. The second kappa shape index (κ2) is 17.4. The van der Waals surface area contributed by atoms with Crippen LogP contribution in [0, 0.1) is 0 Å². The van der Waals surface area contributed by atoms with Crippen LogP contribution in [-0.4, -0.2) is 52.1 Å². The second-order valence-electron chi connectivity index (χ2n) is 6.93. The fourth-order valence-electron chi connectivity index (χ4n) is 2.62. The first kappa shape index (κ1) is 30.9. The number of hydrogen-bond acceptors (Lipinski definition) is 7. The smallest absolute Gasteiger partial charge is 0.374 e. The fourth-order valence-corrected chi connectivity index (χ4v) is 2.62. The summed E-state index contributed by atoms with van der Waals surface area (Å²) in [4.78, 5) is 63.5. The molecule has 1 unspecified atom stereocenters. The van der Waals surface area contributed by atoms with Crippen molar-refractivity contribution in [3.63, 3.8) is 0 Å². The maximum absolute atomic E-state index is 11.3. The second-order valence-corrected chi connectivity index (χ2v) is 6.93. The summed E-state index contributed by atoms with van der Waals surface area (Å²) in [5.41, 5.74) is 1.59. The molecule has 2 rings (SSSR count). The zero-order valence-corrected chi connectivity index (χ0v) is 19.9. The van der Waals surface area contributed by atoms with E-state index < -0.39 is 41.2 Å². The molecule has 0 aliphatic heterocycles. The number of ketones is 3. The number of carboxylic acids is 2. The topological polar surface area (TPSA) is 152 Å². The predicted octanol–water partition coefficient (Wildman–Crippen LogP) is 3.25. The first-order chi connectivity index (χ1) is 16.6. The van der Waals surface area contributed by atoms with Crippen LogP contribution < -0.4 is 0 Å². The molecule has 1 atom stereocenters. The standard InChI is InChI=1S/2C11H12O3.C4H6O3/c1-2-14-11(13)10(12)8-9-6-4-3-5-7-9;1-2-9(10(12)11(13)14)8-6-4-3-5-7-8;1-2-3(5)4(6)7/h3-7H,2,8H2,1H3;3-7,9H,2H2,1H3,(H,13,14);2H2,1H3,(H,6,7). The van der Waals surface area contributed by atoms with Crippen molar-refractivity contribution in [2.75, 3.05) is 6.61 Å². The van der Waals surface area contributed by atoms with E-state index >= 15 is 0 Å². The van der Waals surface area contributed by atoms with Crippen molar-refractivity contribution >= 4 is 35.3 Å². The molecule has 2 N–H and O–H groups in total. The SMILES string of the molecule is CCC(=O)C(=O)O.CCC(C(=O)C(=O)O)c1ccccc1.CCOC(=O)C(=O)Cc1ccccc1. The molecule has 0 bridgehead atoms. The number of carboxylic acid groups (broad SMARTS) is 2. The molecule has 188 valence electrons. The minimum absolute atomic E-state index is 0.0787. The van der Waals surface area contributed by atoms with Crippen LogP contribution in [0.2, 0.25) is 0 Å². The Labute approximate surface area is 203 Å². The van der Waals surface area contributed by atoms with Crippen molar-refractivity contribution in [2.45, 2.75) is 46.0 Å². The third-order valence-electron chi connectivity index (χ3n) is 4.41. The van der Waals surface area contributed by atoms with E-state index in [9.17, 15) is 28.8 Å². The zero-order chi connectivity index (χ0) is 26.8. The van der Waals surface area contributed by atoms with Crippen LogP contribution in [0.3, 0.4) is 0 Å². The third kappa shape index (κ3) is 12.6. The van der Waals surface area contributed by atoms with E-state index in [0.29, 0.717) is 6.42 Å².